The van der Waals surface area contributed by atoms with Gasteiger partial charge in [-0.15, -0.1) is 0 Å². The Hall–Kier alpha value is -0.900. The van der Waals surface area contributed by atoms with Crippen LogP contribution in [0.3, 0.4) is 0 Å². The molecule has 3 heteroatoms. The van der Waals surface area contributed by atoms with E-state index in [1.165, 1.54) is 11.1 Å². The molecule has 0 aliphatic carbocycles. The smallest absolute Gasteiger partial charge is 0.0501 e. The van der Waals surface area contributed by atoms with Crippen molar-refractivity contribution in [2.24, 2.45) is 5.41 Å². The summed E-state index contributed by atoms with van der Waals surface area (Å²) >= 11 is 0. The Labute approximate surface area is 116 Å². The summed E-state index contributed by atoms with van der Waals surface area (Å²) in [5.41, 5.74) is 2.64. The van der Waals surface area contributed by atoms with E-state index in [2.05, 4.69) is 43.4 Å². The topological polar surface area (TPSA) is 41.5 Å². The Balaban J connectivity index is 1.95. The molecule has 106 valence electrons. The molecule has 19 heavy (non-hydrogen) atoms. The van der Waals surface area contributed by atoms with E-state index in [1.54, 1.807) is 0 Å². The molecule has 0 radical (unpaired) electrons. The van der Waals surface area contributed by atoms with E-state index >= 15 is 0 Å². The van der Waals surface area contributed by atoms with Gasteiger partial charge in [0.25, 0.3) is 0 Å². The summed E-state index contributed by atoms with van der Waals surface area (Å²) in [7, 11) is 0. The van der Waals surface area contributed by atoms with Crippen LogP contribution in [0.4, 0.5) is 0 Å². The highest BCUT2D eigenvalue weighted by atomic mass is 16.5. The molecule has 1 aromatic carbocycles. The Morgan fingerprint density at radius 3 is 2.63 bits per heavy atom. The van der Waals surface area contributed by atoms with E-state index in [1.807, 2.05) is 0 Å². The second kappa shape index (κ2) is 6.51. The first kappa shape index (κ1) is 14.5. The van der Waals surface area contributed by atoms with Gasteiger partial charge in [-0.05, 0) is 37.8 Å². The number of hydrogen-bond donors (Lipinski definition) is 2. The van der Waals surface area contributed by atoms with Gasteiger partial charge in [-0.3, -0.25) is 0 Å². The Kier molecular flexibility index (Phi) is 4.97. The lowest BCUT2D eigenvalue weighted by atomic mass is 9.80. The Morgan fingerprint density at radius 1 is 1.32 bits per heavy atom. The fourth-order valence-corrected chi connectivity index (χ4v) is 2.75. The molecule has 0 bridgehead atoms. The largest absolute Gasteiger partial charge is 0.396 e. The van der Waals surface area contributed by atoms with Crippen molar-refractivity contribution in [2.45, 2.75) is 32.7 Å². The van der Waals surface area contributed by atoms with Gasteiger partial charge in [0.1, 0.15) is 0 Å². The van der Waals surface area contributed by atoms with Gasteiger partial charge in [0.15, 0.2) is 0 Å². The molecule has 2 rings (SSSR count). The number of hydrogen-bond acceptors (Lipinski definition) is 3. The highest BCUT2D eigenvalue weighted by Gasteiger charge is 2.32. The zero-order chi connectivity index (χ0) is 13.7. The van der Waals surface area contributed by atoms with Gasteiger partial charge in [-0.1, -0.05) is 24.3 Å². The Bertz CT molecular complexity index is 399. The van der Waals surface area contributed by atoms with Gasteiger partial charge < -0.3 is 15.2 Å². The van der Waals surface area contributed by atoms with Crippen LogP contribution in [0.15, 0.2) is 24.3 Å². The van der Waals surface area contributed by atoms with E-state index in [-0.39, 0.29) is 12.0 Å². The average Bonchev–Trinajstić information content (AvgIpc) is 2.46. The van der Waals surface area contributed by atoms with Crippen molar-refractivity contribution < 1.29 is 9.84 Å². The van der Waals surface area contributed by atoms with Crippen molar-refractivity contribution in [3.63, 3.8) is 0 Å². The molecular weight excluding hydrogens is 238 g/mol. The summed E-state index contributed by atoms with van der Waals surface area (Å²) < 4.78 is 5.40. The monoisotopic (exact) mass is 263 g/mol. The molecule has 1 aromatic rings. The molecule has 2 N–H and O–H groups in total. The van der Waals surface area contributed by atoms with Crippen LogP contribution in [0.1, 0.15) is 36.9 Å². The minimum atomic E-state index is -0.00477. The number of nitrogens with one attached hydrogen (secondary N) is 1. The lowest BCUT2D eigenvalue weighted by Gasteiger charge is -2.36. The maximum Gasteiger partial charge on any atom is 0.0501 e. The van der Waals surface area contributed by atoms with Crippen molar-refractivity contribution in [3.05, 3.63) is 35.4 Å². The van der Waals surface area contributed by atoms with Crippen LogP contribution >= 0.6 is 0 Å². The number of aryl methyl sites for hydroxylation is 1. The molecular formula is C16H25NO2. The third-order valence-corrected chi connectivity index (χ3v) is 4.33. The molecule has 1 fully saturated rings. The van der Waals surface area contributed by atoms with Gasteiger partial charge in [0.2, 0.25) is 0 Å². The van der Waals surface area contributed by atoms with Crippen LogP contribution in [0.2, 0.25) is 0 Å². The van der Waals surface area contributed by atoms with Gasteiger partial charge in [-0.25, -0.2) is 0 Å². The molecule has 0 saturated carbocycles. The van der Waals surface area contributed by atoms with Crippen LogP contribution < -0.4 is 5.32 Å². The van der Waals surface area contributed by atoms with E-state index in [4.69, 9.17) is 4.74 Å². The second-order valence-corrected chi connectivity index (χ2v) is 5.73. The predicted molar refractivity (Wildman–Crippen MR) is 77.2 cm³/mol. The van der Waals surface area contributed by atoms with Crippen molar-refractivity contribution >= 4 is 0 Å². The summed E-state index contributed by atoms with van der Waals surface area (Å²) in [6.45, 7) is 6.95. The number of ether oxygens (including phenoxy) is 1. The van der Waals surface area contributed by atoms with E-state index in [0.717, 1.165) is 32.6 Å². The maximum absolute atomic E-state index is 9.68. The van der Waals surface area contributed by atoms with Crippen LogP contribution in [0, 0.1) is 12.3 Å². The molecule has 1 unspecified atom stereocenters. The Morgan fingerprint density at radius 2 is 2.00 bits per heavy atom. The average molecular weight is 263 g/mol. The maximum atomic E-state index is 9.68. The minimum absolute atomic E-state index is 0.00477. The fourth-order valence-electron chi connectivity index (χ4n) is 2.75. The molecule has 3 nitrogen and oxygen atoms in total. The standard InChI is InChI=1S/C16H25NO2/c1-13-5-3-4-6-15(13)14(2)17-11-16(12-18)7-9-19-10-8-16/h3-6,14,17-18H,7-12H2,1-2H3. The normalized spacial score (nSPS) is 20.2. The molecule has 1 aliphatic rings. The second-order valence-electron chi connectivity index (χ2n) is 5.73. The van der Waals surface area contributed by atoms with Gasteiger partial charge in [-0.2, -0.15) is 0 Å². The van der Waals surface area contributed by atoms with Crippen molar-refractivity contribution in [1.29, 1.82) is 0 Å². The molecule has 0 spiro atoms. The first-order valence-corrected chi connectivity index (χ1v) is 7.14. The summed E-state index contributed by atoms with van der Waals surface area (Å²) in [6, 6.07) is 8.77. The summed E-state index contributed by atoms with van der Waals surface area (Å²) in [4.78, 5) is 0. The molecule has 0 amide bonds. The van der Waals surface area contributed by atoms with E-state index in [0.29, 0.717) is 6.04 Å². The number of aliphatic hydroxyl groups is 1. The third kappa shape index (κ3) is 3.56. The van der Waals surface area contributed by atoms with Crippen LogP contribution in [0.25, 0.3) is 0 Å². The molecule has 1 atom stereocenters. The summed E-state index contributed by atoms with van der Waals surface area (Å²) in [5, 5.41) is 13.3. The number of benzene rings is 1. The van der Waals surface area contributed by atoms with E-state index < -0.39 is 0 Å². The molecule has 1 aliphatic heterocycles. The summed E-state index contributed by atoms with van der Waals surface area (Å²) in [6.07, 6.45) is 1.88. The summed E-state index contributed by atoms with van der Waals surface area (Å²) in [5.74, 6) is 0. The highest BCUT2D eigenvalue weighted by molar-refractivity contribution is 5.28. The quantitative estimate of drug-likeness (QED) is 0.857. The zero-order valence-electron chi connectivity index (χ0n) is 12.0. The number of rotatable bonds is 5. The van der Waals surface area contributed by atoms with Crippen molar-refractivity contribution in [2.75, 3.05) is 26.4 Å². The fraction of sp³-hybridized carbons (Fsp3) is 0.625. The lowest BCUT2D eigenvalue weighted by Crippen LogP contribution is -2.42. The SMILES string of the molecule is Cc1ccccc1C(C)NCC1(CO)CCOCC1. The van der Waals surface area contributed by atoms with Gasteiger partial charge >= 0.3 is 0 Å². The third-order valence-electron chi connectivity index (χ3n) is 4.33. The lowest BCUT2D eigenvalue weighted by molar-refractivity contribution is -0.0163. The first-order valence-electron chi connectivity index (χ1n) is 7.14. The van der Waals surface area contributed by atoms with Gasteiger partial charge in [0.05, 0.1) is 6.61 Å². The van der Waals surface area contributed by atoms with Crippen molar-refractivity contribution in [1.82, 2.24) is 5.32 Å². The minimum Gasteiger partial charge on any atom is -0.396 e. The molecule has 1 saturated heterocycles. The zero-order valence-corrected chi connectivity index (χ0v) is 12.0. The van der Waals surface area contributed by atoms with E-state index in [9.17, 15) is 5.11 Å². The van der Waals surface area contributed by atoms with Gasteiger partial charge in [0, 0.05) is 31.2 Å². The molecule has 1 heterocycles. The first-order chi connectivity index (χ1) is 9.17. The van der Waals surface area contributed by atoms with Crippen LogP contribution in [0.5, 0.6) is 0 Å². The van der Waals surface area contributed by atoms with Crippen molar-refractivity contribution in [3.8, 4) is 0 Å². The molecule has 0 aromatic heterocycles. The number of aliphatic hydroxyl groups excluding tert-OH is 1. The predicted octanol–water partition coefficient (Wildman–Crippen LogP) is 2.43. The van der Waals surface area contributed by atoms with Crippen LogP contribution in [-0.4, -0.2) is 31.5 Å². The van der Waals surface area contributed by atoms with Crippen LogP contribution in [-0.2, 0) is 4.74 Å². The highest BCUT2D eigenvalue weighted by Crippen LogP contribution is 2.30.